The van der Waals surface area contributed by atoms with Gasteiger partial charge in [-0.3, -0.25) is 0 Å². The molecule has 0 saturated carbocycles. The van der Waals surface area contributed by atoms with E-state index in [0.717, 1.165) is 5.69 Å². The maximum Gasteiger partial charge on any atom is 0.344 e. The number of aromatic nitrogens is 2. The average Bonchev–Trinajstić information content (AvgIpc) is 2.99. The number of hydrogen-bond donors (Lipinski definition) is 0. The van der Waals surface area contributed by atoms with Crippen LogP contribution in [0.2, 0.25) is 10.0 Å². The molecule has 0 amide bonds. The highest BCUT2D eigenvalue weighted by molar-refractivity contribution is 6.31. The number of benzene rings is 2. The number of carbonyl (C=O) groups is 1. The van der Waals surface area contributed by atoms with Crippen molar-refractivity contribution in [2.45, 2.75) is 26.2 Å². The Morgan fingerprint density at radius 2 is 1.69 bits per heavy atom. The molecule has 0 atom stereocenters. The van der Waals surface area contributed by atoms with E-state index >= 15 is 0 Å². The van der Waals surface area contributed by atoms with Gasteiger partial charge in [-0.25, -0.2) is 9.48 Å². The molecule has 0 spiro atoms. The number of carbonyl (C=O) groups excluding carboxylic acids is 1. The first-order valence-electron chi connectivity index (χ1n) is 8.08. The molecule has 0 fully saturated rings. The third-order valence-electron chi connectivity index (χ3n) is 3.78. The predicted molar refractivity (Wildman–Crippen MR) is 104 cm³/mol. The SMILES string of the molecule is CC(C)(C)c1cc(OC(=O)c2ccc(Cl)cc2)n(-c2cccc(Cl)c2)n1. The van der Waals surface area contributed by atoms with E-state index in [0.29, 0.717) is 27.2 Å². The van der Waals surface area contributed by atoms with Gasteiger partial charge in [0.15, 0.2) is 0 Å². The van der Waals surface area contributed by atoms with Crippen molar-refractivity contribution in [1.29, 1.82) is 0 Å². The predicted octanol–water partition coefficient (Wildman–Crippen LogP) is 5.70. The Bertz CT molecular complexity index is 941. The van der Waals surface area contributed by atoms with Crippen molar-refractivity contribution in [2.75, 3.05) is 0 Å². The standard InChI is InChI=1S/C20H18Cl2N2O2/c1-20(2,3)17-12-18(24(23-17)16-6-4-5-15(22)11-16)26-19(25)13-7-9-14(21)10-8-13/h4-12H,1-3H3. The molecule has 1 heterocycles. The first kappa shape index (κ1) is 18.5. The van der Waals surface area contributed by atoms with E-state index in [1.807, 2.05) is 32.9 Å². The van der Waals surface area contributed by atoms with Crippen LogP contribution in [0.15, 0.2) is 54.6 Å². The van der Waals surface area contributed by atoms with E-state index in [1.165, 1.54) is 0 Å². The highest BCUT2D eigenvalue weighted by atomic mass is 35.5. The third-order valence-corrected chi connectivity index (χ3v) is 4.26. The first-order chi connectivity index (χ1) is 12.2. The van der Waals surface area contributed by atoms with Crippen molar-refractivity contribution in [2.24, 2.45) is 0 Å². The Morgan fingerprint density at radius 3 is 2.31 bits per heavy atom. The van der Waals surface area contributed by atoms with E-state index < -0.39 is 5.97 Å². The van der Waals surface area contributed by atoms with Crippen LogP contribution >= 0.6 is 23.2 Å². The normalized spacial score (nSPS) is 11.4. The van der Waals surface area contributed by atoms with Crippen molar-refractivity contribution in [3.05, 3.63) is 75.9 Å². The Hall–Kier alpha value is -2.30. The lowest BCUT2D eigenvalue weighted by Gasteiger charge is -2.13. The monoisotopic (exact) mass is 388 g/mol. The summed E-state index contributed by atoms with van der Waals surface area (Å²) < 4.78 is 7.20. The van der Waals surface area contributed by atoms with Gasteiger partial charge in [0.05, 0.1) is 16.9 Å². The molecule has 0 saturated heterocycles. The van der Waals surface area contributed by atoms with Crippen LogP contribution < -0.4 is 4.74 Å². The summed E-state index contributed by atoms with van der Waals surface area (Å²) >= 11 is 12.0. The molecular weight excluding hydrogens is 371 g/mol. The minimum atomic E-state index is -0.481. The molecular formula is C20H18Cl2N2O2. The molecule has 0 unspecified atom stereocenters. The molecule has 0 aliphatic heterocycles. The molecule has 2 aromatic carbocycles. The summed E-state index contributed by atoms with van der Waals surface area (Å²) in [6.45, 7) is 6.13. The molecule has 0 radical (unpaired) electrons. The van der Waals surface area contributed by atoms with Crippen molar-refractivity contribution in [1.82, 2.24) is 9.78 Å². The Morgan fingerprint density at radius 1 is 1.00 bits per heavy atom. The highest BCUT2D eigenvalue weighted by Gasteiger charge is 2.23. The second-order valence-electron chi connectivity index (χ2n) is 6.91. The highest BCUT2D eigenvalue weighted by Crippen LogP contribution is 2.29. The zero-order valence-electron chi connectivity index (χ0n) is 14.7. The van der Waals surface area contributed by atoms with E-state index in [4.69, 9.17) is 27.9 Å². The zero-order valence-corrected chi connectivity index (χ0v) is 16.2. The summed E-state index contributed by atoms with van der Waals surface area (Å²) in [4.78, 5) is 12.5. The van der Waals surface area contributed by atoms with Gasteiger partial charge in [0.25, 0.3) is 0 Å². The summed E-state index contributed by atoms with van der Waals surface area (Å²) in [5.74, 6) is -0.151. The molecule has 0 bridgehead atoms. The van der Waals surface area contributed by atoms with E-state index in [9.17, 15) is 4.79 Å². The molecule has 6 heteroatoms. The van der Waals surface area contributed by atoms with Crippen LogP contribution in [-0.4, -0.2) is 15.7 Å². The molecule has 3 rings (SSSR count). The first-order valence-corrected chi connectivity index (χ1v) is 8.84. The number of ether oxygens (including phenoxy) is 1. The van der Waals surface area contributed by atoms with Gasteiger partial charge in [-0.15, -0.1) is 0 Å². The second-order valence-corrected chi connectivity index (χ2v) is 7.78. The van der Waals surface area contributed by atoms with Gasteiger partial charge in [0, 0.05) is 21.5 Å². The fourth-order valence-corrected chi connectivity index (χ4v) is 2.65. The van der Waals surface area contributed by atoms with Gasteiger partial charge >= 0.3 is 5.97 Å². The van der Waals surface area contributed by atoms with Crippen LogP contribution in [0.5, 0.6) is 5.88 Å². The summed E-state index contributed by atoms with van der Waals surface area (Å²) in [6, 6.07) is 15.5. The molecule has 134 valence electrons. The molecule has 26 heavy (non-hydrogen) atoms. The number of hydrogen-bond acceptors (Lipinski definition) is 3. The summed E-state index contributed by atoms with van der Waals surface area (Å²) in [5, 5.41) is 5.74. The second kappa shape index (κ2) is 7.14. The fraction of sp³-hybridized carbons (Fsp3) is 0.200. The largest absolute Gasteiger partial charge is 0.404 e. The average molecular weight is 389 g/mol. The third kappa shape index (κ3) is 4.09. The molecule has 1 aromatic heterocycles. The Labute approximate surface area is 162 Å². The van der Waals surface area contributed by atoms with Crippen LogP contribution in [-0.2, 0) is 5.41 Å². The van der Waals surface area contributed by atoms with Gasteiger partial charge in [0.1, 0.15) is 0 Å². The van der Waals surface area contributed by atoms with Gasteiger partial charge in [0.2, 0.25) is 5.88 Å². The number of esters is 1. The van der Waals surface area contributed by atoms with Crippen molar-refractivity contribution in [3.63, 3.8) is 0 Å². The lowest BCUT2D eigenvalue weighted by molar-refractivity contribution is 0.0723. The zero-order chi connectivity index (χ0) is 18.9. The molecule has 3 aromatic rings. The van der Waals surface area contributed by atoms with Gasteiger partial charge < -0.3 is 4.74 Å². The number of halogens is 2. The summed E-state index contributed by atoms with van der Waals surface area (Å²) in [7, 11) is 0. The van der Waals surface area contributed by atoms with E-state index in [-0.39, 0.29) is 5.41 Å². The van der Waals surface area contributed by atoms with Crippen LogP contribution in [0.1, 0.15) is 36.8 Å². The maximum atomic E-state index is 12.5. The molecule has 0 aliphatic rings. The minimum Gasteiger partial charge on any atom is -0.404 e. The van der Waals surface area contributed by atoms with Crippen molar-refractivity contribution in [3.8, 4) is 11.6 Å². The molecule has 4 nitrogen and oxygen atoms in total. The Kier molecular flexibility index (Phi) is 5.08. The quantitative estimate of drug-likeness (QED) is 0.540. The van der Waals surface area contributed by atoms with Gasteiger partial charge in [-0.2, -0.15) is 5.10 Å². The molecule has 0 aliphatic carbocycles. The topological polar surface area (TPSA) is 44.1 Å². The van der Waals surface area contributed by atoms with Crippen molar-refractivity contribution < 1.29 is 9.53 Å². The van der Waals surface area contributed by atoms with Crippen LogP contribution in [0, 0.1) is 0 Å². The van der Waals surface area contributed by atoms with Crippen LogP contribution in [0.4, 0.5) is 0 Å². The molecule has 0 N–H and O–H groups in total. The van der Waals surface area contributed by atoms with E-state index in [2.05, 4.69) is 5.10 Å². The number of nitrogens with zero attached hydrogens (tertiary/aromatic N) is 2. The lowest BCUT2D eigenvalue weighted by atomic mass is 9.93. The van der Waals surface area contributed by atoms with Crippen LogP contribution in [0.3, 0.4) is 0 Å². The van der Waals surface area contributed by atoms with Crippen LogP contribution in [0.25, 0.3) is 5.69 Å². The summed E-state index contributed by atoms with van der Waals surface area (Å²) in [6.07, 6.45) is 0. The fourth-order valence-electron chi connectivity index (χ4n) is 2.34. The maximum absolute atomic E-state index is 12.5. The smallest absolute Gasteiger partial charge is 0.344 e. The lowest BCUT2D eigenvalue weighted by Crippen LogP contribution is -2.13. The summed E-state index contributed by atoms with van der Waals surface area (Å²) in [5.41, 5.74) is 1.72. The van der Waals surface area contributed by atoms with Crippen molar-refractivity contribution >= 4 is 29.2 Å². The van der Waals surface area contributed by atoms with Gasteiger partial charge in [-0.05, 0) is 42.5 Å². The Balaban J connectivity index is 2.00. The minimum absolute atomic E-state index is 0.203. The van der Waals surface area contributed by atoms with Gasteiger partial charge in [-0.1, -0.05) is 50.0 Å². The number of rotatable bonds is 3. The van der Waals surface area contributed by atoms with E-state index in [1.54, 1.807) is 47.1 Å².